The number of hydrogen-bond acceptors (Lipinski definition) is 8. The van der Waals surface area contributed by atoms with E-state index in [9.17, 15) is 4.79 Å². The minimum absolute atomic E-state index is 0.126. The summed E-state index contributed by atoms with van der Waals surface area (Å²) in [5, 5.41) is 9.15. The Morgan fingerprint density at radius 2 is 1.67 bits per heavy atom. The first-order valence-electron chi connectivity index (χ1n) is 10.1. The monoisotopic (exact) mass is 437 g/mol. The first-order valence-corrected chi connectivity index (χ1v) is 10.1. The van der Waals surface area contributed by atoms with Gasteiger partial charge in [0.25, 0.3) is 0 Å². The summed E-state index contributed by atoms with van der Waals surface area (Å²) < 4.78 is 1.89. The van der Waals surface area contributed by atoms with Gasteiger partial charge in [-0.1, -0.05) is 18.2 Å². The van der Waals surface area contributed by atoms with Crippen molar-refractivity contribution in [1.29, 1.82) is 0 Å². The number of carbonyl (C=O) groups is 1. The van der Waals surface area contributed by atoms with E-state index < -0.39 is 0 Å². The van der Waals surface area contributed by atoms with Crippen LogP contribution in [0.5, 0.6) is 0 Å². The van der Waals surface area contributed by atoms with Crippen molar-refractivity contribution in [2.75, 3.05) is 16.0 Å². The van der Waals surface area contributed by atoms with E-state index in [4.69, 9.17) is 0 Å². The summed E-state index contributed by atoms with van der Waals surface area (Å²) >= 11 is 0. The molecule has 0 fully saturated rings. The van der Waals surface area contributed by atoms with Gasteiger partial charge in [-0.05, 0) is 36.4 Å². The van der Waals surface area contributed by atoms with Crippen molar-refractivity contribution in [3.05, 3.63) is 79.5 Å². The summed E-state index contributed by atoms with van der Waals surface area (Å²) in [6, 6.07) is 17.1. The minimum atomic E-state index is -0.126. The lowest BCUT2D eigenvalue weighted by atomic mass is 10.2. The molecule has 0 aliphatic carbocycles. The molecule has 0 aliphatic rings. The number of amides is 1. The number of aromatic nitrogens is 6. The van der Waals surface area contributed by atoms with E-state index in [0.29, 0.717) is 34.4 Å². The lowest BCUT2D eigenvalue weighted by Gasteiger charge is -2.11. The Kier molecular flexibility index (Phi) is 5.30. The van der Waals surface area contributed by atoms with Crippen molar-refractivity contribution >= 4 is 46.0 Å². The largest absolute Gasteiger partial charge is 0.338 e. The number of fused-ring (bicyclic) bond motifs is 1. The predicted molar refractivity (Wildman–Crippen MR) is 126 cm³/mol. The van der Waals surface area contributed by atoms with Crippen molar-refractivity contribution in [1.82, 2.24) is 29.5 Å². The van der Waals surface area contributed by atoms with Gasteiger partial charge in [-0.2, -0.15) is 9.97 Å². The summed E-state index contributed by atoms with van der Waals surface area (Å²) in [6.07, 6.45) is 6.49. The molecule has 0 unspecified atom stereocenters. The average Bonchev–Trinajstić information content (AvgIpc) is 3.26. The summed E-state index contributed by atoms with van der Waals surface area (Å²) in [6.45, 7) is 1.47. The molecule has 0 radical (unpaired) electrons. The van der Waals surface area contributed by atoms with Gasteiger partial charge in [-0.15, -0.1) is 0 Å². The van der Waals surface area contributed by atoms with Gasteiger partial charge in [0.1, 0.15) is 6.33 Å². The number of hydrogen-bond donors (Lipinski definition) is 3. The fraction of sp³-hybridized carbons (Fsp3) is 0.0435. The van der Waals surface area contributed by atoms with Gasteiger partial charge in [0, 0.05) is 36.4 Å². The van der Waals surface area contributed by atoms with Crippen molar-refractivity contribution in [3.8, 4) is 5.69 Å². The number of para-hydroxylation sites is 1. The zero-order chi connectivity index (χ0) is 22.6. The van der Waals surface area contributed by atoms with Crippen LogP contribution in [0.2, 0.25) is 0 Å². The van der Waals surface area contributed by atoms with Gasteiger partial charge in [-0.3, -0.25) is 14.3 Å². The Hall–Kier alpha value is -4.86. The molecule has 0 aliphatic heterocycles. The number of anilines is 5. The maximum absolute atomic E-state index is 11.3. The highest BCUT2D eigenvalue weighted by Crippen LogP contribution is 2.27. The van der Waals surface area contributed by atoms with Gasteiger partial charge < -0.3 is 16.0 Å². The zero-order valence-electron chi connectivity index (χ0n) is 17.6. The molecule has 3 heterocycles. The van der Waals surface area contributed by atoms with Gasteiger partial charge >= 0.3 is 0 Å². The van der Waals surface area contributed by atoms with E-state index in [1.165, 1.54) is 6.92 Å². The first-order chi connectivity index (χ1) is 16.2. The van der Waals surface area contributed by atoms with E-state index in [1.807, 2.05) is 59.2 Å². The molecule has 33 heavy (non-hydrogen) atoms. The minimum Gasteiger partial charge on any atom is -0.338 e. The number of rotatable bonds is 6. The quantitative estimate of drug-likeness (QED) is 0.364. The van der Waals surface area contributed by atoms with Crippen LogP contribution in [0.1, 0.15) is 6.92 Å². The molecule has 2 aromatic carbocycles. The molecular formula is C23H19N9O. The normalized spacial score (nSPS) is 10.7. The molecule has 5 rings (SSSR count). The van der Waals surface area contributed by atoms with Crippen LogP contribution in [0.4, 0.5) is 29.0 Å². The van der Waals surface area contributed by atoms with E-state index in [1.54, 1.807) is 24.9 Å². The van der Waals surface area contributed by atoms with Gasteiger partial charge in [0.05, 0.1) is 6.20 Å². The molecule has 0 bridgehead atoms. The highest BCUT2D eigenvalue weighted by molar-refractivity contribution is 5.90. The first kappa shape index (κ1) is 20.1. The fourth-order valence-electron chi connectivity index (χ4n) is 3.28. The Morgan fingerprint density at radius 1 is 0.879 bits per heavy atom. The number of benzene rings is 2. The molecule has 0 spiro atoms. The Labute approximate surface area is 188 Å². The standard InChI is InChI=1S/C23H19N9O/c1-15(33)27-16-7-9-17(10-8-16)28-21-20-22(32(14-26-20)18-5-3-2-4-6-18)31-23(30-21)29-19-13-24-11-12-25-19/h2-14H,1H3,(H,27,33)(H2,25,28,29,30,31). The average molecular weight is 437 g/mol. The second-order valence-electron chi connectivity index (χ2n) is 7.12. The van der Waals surface area contributed by atoms with Gasteiger partial charge in [0.2, 0.25) is 11.9 Å². The van der Waals surface area contributed by atoms with Crippen molar-refractivity contribution in [2.45, 2.75) is 6.92 Å². The fourth-order valence-corrected chi connectivity index (χ4v) is 3.28. The molecule has 5 aromatic rings. The molecule has 1 amide bonds. The van der Waals surface area contributed by atoms with Crippen LogP contribution >= 0.6 is 0 Å². The summed E-state index contributed by atoms with van der Waals surface area (Å²) in [7, 11) is 0. The number of carbonyl (C=O) groups excluding carboxylic acids is 1. The highest BCUT2D eigenvalue weighted by atomic mass is 16.1. The molecule has 10 heteroatoms. The predicted octanol–water partition coefficient (Wildman–Crippen LogP) is 4.05. The molecule has 0 atom stereocenters. The third-order valence-corrected chi connectivity index (χ3v) is 4.70. The third kappa shape index (κ3) is 4.44. The number of nitrogens with zero attached hydrogens (tertiary/aromatic N) is 6. The van der Waals surface area contributed by atoms with E-state index >= 15 is 0 Å². The summed E-state index contributed by atoms with van der Waals surface area (Å²) in [4.78, 5) is 33.4. The molecule has 0 saturated heterocycles. The molecule has 0 saturated carbocycles. The third-order valence-electron chi connectivity index (χ3n) is 4.70. The van der Waals surface area contributed by atoms with Crippen molar-refractivity contribution in [2.24, 2.45) is 0 Å². The topological polar surface area (TPSA) is 123 Å². The zero-order valence-corrected chi connectivity index (χ0v) is 17.6. The summed E-state index contributed by atoms with van der Waals surface area (Å²) in [5.74, 6) is 1.26. The molecule has 10 nitrogen and oxygen atoms in total. The maximum atomic E-state index is 11.3. The van der Waals surface area contributed by atoms with Crippen molar-refractivity contribution < 1.29 is 4.79 Å². The van der Waals surface area contributed by atoms with Gasteiger partial charge in [0.15, 0.2) is 22.8 Å². The number of nitrogens with one attached hydrogen (secondary N) is 3. The van der Waals surface area contributed by atoms with Crippen LogP contribution in [0.25, 0.3) is 16.9 Å². The van der Waals surface area contributed by atoms with Crippen LogP contribution < -0.4 is 16.0 Å². The Bertz CT molecular complexity index is 1400. The van der Waals surface area contributed by atoms with E-state index in [2.05, 4.69) is 40.9 Å². The highest BCUT2D eigenvalue weighted by Gasteiger charge is 2.15. The molecule has 3 aromatic heterocycles. The Morgan fingerprint density at radius 3 is 2.39 bits per heavy atom. The van der Waals surface area contributed by atoms with Crippen LogP contribution in [-0.2, 0) is 4.79 Å². The lowest BCUT2D eigenvalue weighted by molar-refractivity contribution is -0.114. The van der Waals surface area contributed by atoms with E-state index in [0.717, 1.165) is 11.4 Å². The molecule has 162 valence electrons. The molecular weight excluding hydrogens is 418 g/mol. The van der Waals surface area contributed by atoms with E-state index in [-0.39, 0.29) is 5.91 Å². The smallest absolute Gasteiger partial charge is 0.232 e. The second-order valence-corrected chi connectivity index (χ2v) is 7.12. The molecule has 3 N–H and O–H groups in total. The van der Waals surface area contributed by atoms with Crippen molar-refractivity contribution in [3.63, 3.8) is 0 Å². The maximum Gasteiger partial charge on any atom is 0.232 e. The summed E-state index contributed by atoms with van der Waals surface area (Å²) in [5.41, 5.74) is 3.65. The van der Waals surface area contributed by atoms with Crippen LogP contribution in [0.3, 0.4) is 0 Å². The van der Waals surface area contributed by atoms with Gasteiger partial charge in [-0.25, -0.2) is 9.97 Å². The number of imidazole rings is 1. The lowest BCUT2D eigenvalue weighted by Crippen LogP contribution is -2.06. The Balaban J connectivity index is 1.56. The second kappa shape index (κ2) is 8.71. The van der Waals surface area contributed by atoms with Crippen LogP contribution in [0, 0.1) is 0 Å². The van der Waals surface area contributed by atoms with Crippen LogP contribution in [0.15, 0.2) is 79.5 Å². The van der Waals surface area contributed by atoms with Crippen LogP contribution in [-0.4, -0.2) is 35.4 Å². The SMILES string of the molecule is CC(=O)Nc1ccc(Nc2nc(Nc3cnccn3)nc3c2ncn3-c2ccccc2)cc1.